The predicted octanol–water partition coefficient (Wildman–Crippen LogP) is 2.91. The zero-order valence-electron chi connectivity index (χ0n) is 12.0. The normalized spacial score (nSPS) is 30.5. The molecule has 0 bridgehead atoms. The third-order valence-electron chi connectivity index (χ3n) is 3.58. The molecule has 1 aromatic heterocycles. The van der Waals surface area contributed by atoms with Crippen molar-refractivity contribution in [1.82, 2.24) is 4.57 Å². The molecule has 0 amide bonds. The van der Waals surface area contributed by atoms with Crippen LogP contribution in [0.2, 0.25) is 0 Å². The van der Waals surface area contributed by atoms with E-state index in [1.54, 1.807) is 18.4 Å². The molecule has 4 nitrogen and oxygen atoms in total. The summed E-state index contributed by atoms with van der Waals surface area (Å²) in [5.74, 6) is -0.949. The summed E-state index contributed by atoms with van der Waals surface area (Å²) in [5, 5.41) is 9.44. The molecule has 0 aromatic carbocycles. The maximum absolute atomic E-state index is 11.5. The van der Waals surface area contributed by atoms with Crippen LogP contribution in [-0.2, 0) is 11.3 Å². The molecule has 22 heavy (non-hydrogen) atoms. The molecule has 2 aliphatic rings. The first-order valence-electron chi connectivity index (χ1n) is 7.06. The average Bonchev–Trinajstić information content (AvgIpc) is 3.04. The van der Waals surface area contributed by atoms with Gasteiger partial charge in [-0.15, -0.1) is 0 Å². The number of hydrogen-bond donors (Lipinski definition) is 1. The van der Waals surface area contributed by atoms with E-state index >= 15 is 0 Å². The van der Waals surface area contributed by atoms with Crippen LogP contribution >= 0.6 is 0 Å². The average molecular weight is 292 g/mol. The fraction of sp³-hybridized carbons (Fsp3) is 0.111. The van der Waals surface area contributed by atoms with Crippen molar-refractivity contribution < 1.29 is 9.90 Å². The highest BCUT2D eigenvalue weighted by molar-refractivity contribution is 5.97. The van der Waals surface area contributed by atoms with Crippen LogP contribution in [0.3, 0.4) is 0 Å². The molecular formula is C18H16N2O2. The summed E-state index contributed by atoms with van der Waals surface area (Å²) in [6.45, 7) is 0.709. The fourth-order valence-electron chi connectivity index (χ4n) is 2.26. The third-order valence-corrected chi connectivity index (χ3v) is 3.58. The Morgan fingerprint density at radius 3 is 2.77 bits per heavy atom. The molecule has 0 radical (unpaired) electrons. The van der Waals surface area contributed by atoms with Gasteiger partial charge in [-0.3, -0.25) is 4.99 Å². The fourth-order valence-corrected chi connectivity index (χ4v) is 2.26. The SMILES string of the molecule is O=C(O)[C@@]12C=C1\C=C/C=C\C=C/C=C\Cn1cccc1/C=N\2. The topological polar surface area (TPSA) is 54.6 Å². The van der Waals surface area contributed by atoms with Crippen molar-refractivity contribution >= 4 is 12.2 Å². The first-order valence-corrected chi connectivity index (χ1v) is 7.06. The van der Waals surface area contributed by atoms with Gasteiger partial charge in [-0.05, 0) is 23.8 Å². The number of hydrogen-bond acceptors (Lipinski definition) is 2. The van der Waals surface area contributed by atoms with Crippen LogP contribution in [0.25, 0.3) is 0 Å². The lowest BCUT2D eigenvalue weighted by molar-refractivity contribution is -0.138. The Hall–Kier alpha value is -2.88. The predicted molar refractivity (Wildman–Crippen MR) is 87.0 cm³/mol. The molecule has 3 rings (SSSR count). The van der Waals surface area contributed by atoms with Crippen molar-refractivity contribution in [1.29, 1.82) is 0 Å². The van der Waals surface area contributed by atoms with Crippen molar-refractivity contribution in [3.05, 3.63) is 84.3 Å². The quantitative estimate of drug-likeness (QED) is 0.865. The van der Waals surface area contributed by atoms with Gasteiger partial charge in [0.25, 0.3) is 0 Å². The van der Waals surface area contributed by atoms with Crippen molar-refractivity contribution in [2.45, 2.75) is 12.1 Å². The minimum absolute atomic E-state index is 0.705. The van der Waals surface area contributed by atoms with E-state index in [0.29, 0.717) is 12.1 Å². The first kappa shape index (κ1) is 14.1. The van der Waals surface area contributed by atoms with Crippen molar-refractivity contribution in [3.63, 3.8) is 0 Å². The van der Waals surface area contributed by atoms with Crippen molar-refractivity contribution in [2.75, 3.05) is 0 Å². The molecule has 1 aromatic rings. The van der Waals surface area contributed by atoms with E-state index in [2.05, 4.69) is 4.99 Å². The van der Waals surface area contributed by atoms with Crippen LogP contribution in [-0.4, -0.2) is 27.4 Å². The number of carbonyl (C=O) groups is 1. The summed E-state index contributed by atoms with van der Waals surface area (Å²) in [6, 6.07) is 3.84. The molecule has 1 N–H and O–H groups in total. The Labute approximate surface area is 128 Å². The highest BCUT2D eigenvalue weighted by atomic mass is 16.4. The lowest BCUT2D eigenvalue weighted by atomic mass is 10.1. The van der Waals surface area contributed by atoms with Crippen LogP contribution in [0.15, 0.2) is 83.6 Å². The number of rotatable bonds is 1. The second-order valence-corrected chi connectivity index (χ2v) is 5.07. The Morgan fingerprint density at radius 2 is 1.95 bits per heavy atom. The summed E-state index contributed by atoms with van der Waals surface area (Å²) >= 11 is 0. The number of fused-ring (bicyclic) bond motifs is 2. The minimum atomic E-state index is -1.20. The van der Waals surface area contributed by atoms with E-state index in [9.17, 15) is 9.90 Å². The molecule has 1 aliphatic carbocycles. The van der Waals surface area contributed by atoms with Gasteiger partial charge in [0, 0.05) is 19.0 Å². The molecule has 1 aliphatic heterocycles. The van der Waals surface area contributed by atoms with Crippen LogP contribution < -0.4 is 0 Å². The second-order valence-electron chi connectivity index (χ2n) is 5.07. The Balaban J connectivity index is 1.94. The van der Waals surface area contributed by atoms with E-state index < -0.39 is 11.5 Å². The van der Waals surface area contributed by atoms with E-state index in [1.165, 1.54) is 0 Å². The number of aliphatic carboxylic acids is 1. The number of aromatic nitrogens is 1. The third kappa shape index (κ3) is 2.76. The highest BCUT2D eigenvalue weighted by Crippen LogP contribution is 2.39. The maximum Gasteiger partial charge on any atom is 0.340 e. The smallest absolute Gasteiger partial charge is 0.340 e. The molecule has 2 heterocycles. The second kappa shape index (κ2) is 5.85. The van der Waals surface area contributed by atoms with Crippen LogP contribution in [0.1, 0.15) is 5.69 Å². The molecule has 0 spiro atoms. The van der Waals surface area contributed by atoms with Gasteiger partial charge in [-0.25, -0.2) is 4.79 Å². The summed E-state index contributed by atoms with van der Waals surface area (Å²) in [7, 11) is 0. The monoisotopic (exact) mass is 292 g/mol. The lowest BCUT2D eigenvalue weighted by Crippen LogP contribution is -2.24. The summed E-state index contributed by atoms with van der Waals surface area (Å²) in [6.07, 6.45) is 20.5. The summed E-state index contributed by atoms with van der Waals surface area (Å²) < 4.78 is 2.01. The van der Waals surface area contributed by atoms with Gasteiger partial charge in [-0.2, -0.15) is 0 Å². The zero-order chi connectivity index (χ0) is 15.4. The maximum atomic E-state index is 11.5. The van der Waals surface area contributed by atoms with Crippen molar-refractivity contribution in [2.24, 2.45) is 4.99 Å². The zero-order valence-corrected chi connectivity index (χ0v) is 12.0. The molecule has 0 fully saturated rings. The molecule has 4 heteroatoms. The molecule has 0 saturated heterocycles. The van der Waals surface area contributed by atoms with E-state index in [0.717, 1.165) is 5.69 Å². The highest BCUT2D eigenvalue weighted by Gasteiger charge is 2.49. The lowest BCUT2D eigenvalue weighted by Gasteiger charge is -2.07. The van der Waals surface area contributed by atoms with Gasteiger partial charge in [0.15, 0.2) is 0 Å². The van der Waals surface area contributed by atoms with Crippen LogP contribution in [0.4, 0.5) is 0 Å². The number of allylic oxidation sites excluding steroid dienone is 7. The number of aliphatic imine (C=N–C) groups is 1. The van der Waals surface area contributed by atoms with Gasteiger partial charge in [-0.1, -0.05) is 48.6 Å². The summed E-state index contributed by atoms with van der Waals surface area (Å²) in [4.78, 5) is 15.8. The van der Waals surface area contributed by atoms with Gasteiger partial charge in [0.05, 0.1) is 5.69 Å². The molecular weight excluding hydrogens is 276 g/mol. The van der Waals surface area contributed by atoms with Gasteiger partial charge in [0.2, 0.25) is 5.54 Å². The Kier molecular flexibility index (Phi) is 3.74. The van der Waals surface area contributed by atoms with Crippen LogP contribution in [0, 0.1) is 0 Å². The Morgan fingerprint density at radius 1 is 1.18 bits per heavy atom. The molecule has 0 saturated carbocycles. The number of nitrogens with zero attached hydrogens (tertiary/aromatic N) is 2. The van der Waals surface area contributed by atoms with Crippen molar-refractivity contribution in [3.8, 4) is 0 Å². The first-order chi connectivity index (χ1) is 10.7. The van der Waals surface area contributed by atoms with E-state index in [1.807, 2.05) is 65.4 Å². The van der Waals surface area contributed by atoms with Gasteiger partial charge < -0.3 is 9.67 Å². The van der Waals surface area contributed by atoms with E-state index in [4.69, 9.17) is 0 Å². The molecule has 1 atom stereocenters. The van der Waals surface area contributed by atoms with E-state index in [-0.39, 0.29) is 0 Å². The van der Waals surface area contributed by atoms with Crippen LogP contribution in [0.5, 0.6) is 0 Å². The summed E-state index contributed by atoms with van der Waals surface area (Å²) in [5.41, 5.74) is 0.382. The standard InChI is InChI=1S/C18H16N2O2/c21-17(22)18-13-15(18)9-6-4-2-1-3-5-7-11-20-12-8-10-16(20)14-19-18/h1-10,12-14H,11H2,(H,21,22)/b3-1-,4-2-,7-5-,9-6-,19-14-/t18-/m1/s1. The Bertz CT molecular complexity index is 760. The largest absolute Gasteiger partial charge is 0.479 e. The van der Waals surface area contributed by atoms with Gasteiger partial charge in [0.1, 0.15) is 0 Å². The number of carboxylic acids is 1. The number of carboxylic acid groups (broad SMARTS) is 1. The molecule has 0 unspecified atom stereocenters. The minimum Gasteiger partial charge on any atom is -0.479 e. The van der Waals surface area contributed by atoms with Gasteiger partial charge >= 0.3 is 5.97 Å². The molecule has 110 valence electrons.